The summed E-state index contributed by atoms with van der Waals surface area (Å²) >= 11 is 7.79. The van der Waals surface area contributed by atoms with E-state index < -0.39 is 0 Å². The van der Waals surface area contributed by atoms with Crippen molar-refractivity contribution < 1.29 is 5.11 Å². The predicted molar refractivity (Wildman–Crippen MR) is 65.5 cm³/mol. The molecule has 2 atom stereocenters. The van der Waals surface area contributed by atoms with Crippen molar-refractivity contribution in [2.45, 2.75) is 24.0 Å². The van der Waals surface area contributed by atoms with E-state index >= 15 is 0 Å². The van der Waals surface area contributed by atoms with E-state index in [4.69, 9.17) is 11.6 Å². The number of rotatable bonds is 1. The molecule has 1 aliphatic heterocycles. The molecular formula is C11H14ClNOS. The van der Waals surface area contributed by atoms with Gasteiger partial charge in [-0.05, 0) is 30.7 Å². The molecule has 1 aromatic rings. The van der Waals surface area contributed by atoms with Gasteiger partial charge >= 0.3 is 0 Å². The van der Waals surface area contributed by atoms with E-state index in [1.807, 2.05) is 23.9 Å². The van der Waals surface area contributed by atoms with Gasteiger partial charge in [0.2, 0.25) is 0 Å². The van der Waals surface area contributed by atoms with Crippen molar-refractivity contribution in [3.05, 3.63) is 28.8 Å². The Bertz CT molecular complexity index is 358. The molecule has 4 heteroatoms. The fourth-order valence-electron chi connectivity index (χ4n) is 1.65. The lowest BCUT2D eigenvalue weighted by Crippen LogP contribution is -2.28. The number of nitrogens with one attached hydrogen (secondary N) is 1. The maximum Gasteiger partial charge on any atom is 0.134 e. The van der Waals surface area contributed by atoms with E-state index in [0.29, 0.717) is 15.6 Å². The lowest BCUT2D eigenvalue weighted by Gasteiger charge is -2.28. The molecule has 0 spiro atoms. The van der Waals surface area contributed by atoms with Crippen LogP contribution in [0.15, 0.2) is 18.2 Å². The summed E-state index contributed by atoms with van der Waals surface area (Å²) < 4.78 is 0. The van der Waals surface area contributed by atoms with Crippen molar-refractivity contribution in [3.8, 4) is 5.75 Å². The smallest absolute Gasteiger partial charge is 0.134 e. The molecule has 82 valence electrons. The minimum Gasteiger partial charge on any atom is -0.506 e. The van der Waals surface area contributed by atoms with E-state index in [0.717, 1.165) is 12.1 Å². The highest BCUT2D eigenvalue weighted by Crippen LogP contribution is 2.36. The quantitative estimate of drug-likeness (QED) is 0.795. The lowest BCUT2D eigenvalue weighted by molar-refractivity contribution is 0.475. The van der Waals surface area contributed by atoms with Crippen molar-refractivity contribution in [3.63, 3.8) is 0 Å². The maximum absolute atomic E-state index is 9.33. The molecule has 0 aromatic heterocycles. The van der Waals surface area contributed by atoms with E-state index in [2.05, 4.69) is 12.2 Å². The third kappa shape index (κ3) is 2.60. The van der Waals surface area contributed by atoms with Crippen LogP contribution in [0.25, 0.3) is 0 Å². The van der Waals surface area contributed by atoms with E-state index in [1.54, 1.807) is 6.07 Å². The summed E-state index contributed by atoms with van der Waals surface area (Å²) in [6, 6.07) is 5.41. The van der Waals surface area contributed by atoms with Crippen LogP contribution >= 0.6 is 23.4 Å². The van der Waals surface area contributed by atoms with Gasteiger partial charge in [-0.15, -0.1) is 11.8 Å². The van der Waals surface area contributed by atoms with E-state index in [9.17, 15) is 5.11 Å². The summed E-state index contributed by atoms with van der Waals surface area (Å²) in [5.41, 5.74) is 1.13. The zero-order valence-electron chi connectivity index (χ0n) is 8.53. The number of phenolic OH excluding ortho intramolecular Hbond substituents is 1. The second-order valence-corrected chi connectivity index (χ2v) is 5.74. The van der Waals surface area contributed by atoms with Gasteiger partial charge in [0.25, 0.3) is 0 Å². The number of benzene rings is 1. The fourth-order valence-corrected chi connectivity index (χ4v) is 3.07. The second-order valence-electron chi connectivity index (χ2n) is 3.78. The first-order valence-electron chi connectivity index (χ1n) is 5.04. The summed E-state index contributed by atoms with van der Waals surface area (Å²) in [4.78, 5) is 0. The largest absolute Gasteiger partial charge is 0.506 e. The summed E-state index contributed by atoms with van der Waals surface area (Å²) in [6.45, 7) is 3.28. The Kier molecular flexibility index (Phi) is 3.44. The molecule has 2 nitrogen and oxygen atoms in total. The molecular weight excluding hydrogens is 230 g/mol. The molecule has 2 rings (SSSR count). The molecule has 15 heavy (non-hydrogen) atoms. The average molecular weight is 244 g/mol. The Morgan fingerprint density at radius 2 is 2.33 bits per heavy atom. The number of hydrogen-bond donors (Lipinski definition) is 2. The monoisotopic (exact) mass is 243 g/mol. The molecule has 0 radical (unpaired) electrons. The zero-order chi connectivity index (χ0) is 10.8. The molecule has 1 aromatic carbocycles. The maximum atomic E-state index is 9.33. The van der Waals surface area contributed by atoms with Gasteiger partial charge in [0.1, 0.15) is 5.75 Å². The summed E-state index contributed by atoms with van der Waals surface area (Å²) in [5, 5.41) is 14.2. The van der Waals surface area contributed by atoms with Crippen molar-refractivity contribution in [2.75, 3.05) is 6.54 Å². The minimum absolute atomic E-state index is 0.147. The summed E-state index contributed by atoms with van der Waals surface area (Å²) in [6.07, 6.45) is 1.20. The molecule has 0 bridgehead atoms. The number of hydrogen-bond acceptors (Lipinski definition) is 3. The zero-order valence-corrected chi connectivity index (χ0v) is 10.1. The van der Waals surface area contributed by atoms with Crippen molar-refractivity contribution >= 4 is 23.4 Å². The number of phenols is 1. The molecule has 2 unspecified atom stereocenters. The van der Waals surface area contributed by atoms with Crippen molar-refractivity contribution in [2.24, 2.45) is 0 Å². The number of thioether (sulfide) groups is 1. The van der Waals surface area contributed by atoms with E-state index in [1.165, 1.54) is 6.42 Å². The summed E-state index contributed by atoms with van der Waals surface area (Å²) in [5.74, 6) is 0.147. The highest BCUT2D eigenvalue weighted by Gasteiger charge is 2.20. The molecule has 0 amide bonds. The summed E-state index contributed by atoms with van der Waals surface area (Å²) in [7, 11) is 0. The molecule has 1 fully saturated rings. The third-order valence-electron chi connectivity index (χ3n) is 2.52. The van der Waals surface area contributed by atoms with Gasteiger partial charge in [-0.1, -0.05) is 24.6 Å². The normalized spacial score (nSPS) is 26.5. The first-order valence-corrected chi connectivity index (χ1v) is 6.36. The van der Waals surface area contributed by atoms with Crippen LogP contribution in [-0.4, -0.2) is 16.9 Å². The van der Waals surface area contributed by atoms with Crippen molar-refractivity contribution in [1.82, 2.24) is 5.32 Å². The Balaban J connectivity index is 2.18. The molecule has 1 aliphatic rings. The minimum atomic E-state index is 0.147. The molecule has 0 aliphatic carbocycles. The van der Waals surface area contributed by atoms with Gasteiger partial charge in [0.15, 0.2) is 0 Å². The van der Waals surface area contributed by atoms with Crippen LogP contribution in [0.5, 0.6) is 5.75 Å². The van der Waals surface area contributed by atoms with Crippen LogP contribution < -0.4 is 5.32 Å². The average Bonchev–Trinajstić information content (AvgIpc) is 2.22. The Labute approximate surface area is 99.0 Å². The fraction of sp³-hybridized carbons (Fsp3) is 0.455. The highest BCUT2D eigenvalue weighted by atomic mass is 35.5. The number of halogens is 1. The van der Waals surface area contributed by atoms with Crippen LogP contribution in [-0.2, 0) is 0 Å². The number of aromatic hydroxyl groups is 1. The lowest BCUT2D eigenvalue weighted by atomic mass is 10.2. The van der Waals surface area contributed by atoms with Crippen LogP contribution in [0.3, 0.4) is 0 Å². The molecule has 2 N–H and O–H groups in total. The SMILES string of the molecule is CC1CCNC(c2ccc(O)c(Cl)c2)S1. The Morgan fingerprint density at radius 3 is 3.00 bits per heavy atom. The first kappa shape index (κ1) is 11.1. The third-order valence-corrected chi connectivity index (χ3v) is 4.24. The van der Waals surface area contributed by atoms with Crippen molar-refractivity contribution in [1.29, 1.82) is 0 Å². The van der Waals surface area contributed by atoms with E-state index in [-0.39, 0.29) is 5.75 Å². The standard InChI is InChI=1S/C11H14ClNOS/c1-7-4-5-13-11(15-7)8-2-3-10(14)9(12)6-8/h2-3,6-7,11,13-14H,4-5H2,1H3. The topological polar surface area (TPSA) is 32.3 Å². The Morgan fingerprint density at radius 1 is 1.53 bits per heavy atom. The molecule has 1 heterocycles. The molecule has 0 saturated carbocycles. The van der Waals surface area contributed by atoms with Gasteiger partial charge in [0, 0.05) is 5.25 Å². The van der Waals surface area contributed by atoms with Gasteiger partial charge < -0.3 is 10.4 Å². The van der Waals surface area contributed by atoms with Gasteiger partial charge in [0.05, 0.1) is 10.4 Å². The second kappa shape index (κ2) is 4.64. The van der Waals surface area contributed by atoms with Gasteiger partial charge in [-0.3, -0.25) is 0 Å². The van der Waals surface area contributed by atoms with Crippen LogP contribution in [0.4, 0.5) is 0 Å². The van der Waals surface area contributed by atoms with Gasteiger partial charge in [-0.25, -0.2) is 0 Å². The first-order chi connectivity index (χ1) is 7.16. The molecule has 1 saturated heterocycles. The predicted octanol–water partition coefficient (Wildman–Crippen LogP) is 3.16. The highest BCUT2D eigenvalue weighted by molar-refractivity contribution is 8.00. The van der Waals surface area contributed by atoms with Crippen LogP contribution in [0.2, 0.25) is 5.02 Å². The Hall–Kier alpha value is -0.380. The van der Waals surface area contributed by atoms with Gasteiger partial charge in [-0.2, -0.15) is 0 Å². The van der Waals surface area contributed by atoms with Crippen LogP contribution in [0.1, 0.15) is 24.3 Å². The van der Waals surface area contributed by atoms with Crippen LogP contribution in [0, 0.1) is 0 Å².